The minimum Gasteiger partial charge on any atom is -0.299 e. The summed E-state index contributed by atoms with van der Waals surface area (Å²) >= 11 is 0. The van der Waals surface area contributed by atoms with Gasteiger partial charge in [0.15, 0.2) is 0 Å². The molecule has 1 fully saturated rings. The highest BCUT2D eigenvalue weighted by Gasteiger charge is 2.37. The van der Waals surface area contributed by atoms with Crippen LogP contribution in [0.4, 0.5) is 0 Å². The highest BCUT2D eigenvalue weighted by molar-refractivity contribution is 6.13. The minimum atomic E-state index is 0.153. The number of piperidine rings is 1. The van der Waals surface area contributed by atoms with Crippen LogP contribution in [-0.4, -0.2) is 28.5 Å². The van der Waals surface area contributed by atoms with Gasteiger partial charge in [-0.15, -0.1) is 0 Å². The van der Waals surface area contributed by atoms with Gasteiger partial charge in [0.05, 0.1) is 11.0 Å². The molecule has 1 aliphatic heterocycles. The molecule has 0 bridgehead atoms. The predicted octanol–water partition coefficient (Wildman–Crippen LogP) is 6.41. The molecule has 32 heavy (non-hydrogen) atoms. The fraction of sp³-hybridized carbons (Fsp3) is 0.276. The molecule has 2 heterocycles. The Morgan fingerprint density at radius 2 is 1.66 bits per heavy atom. The van der Waals surface area contributed by atoms with E-state index in [1.54, 1.807) is 0 Å². The standard InChI is InChI=1S/C29H28N2O/c1-2-28(32)31-26-10-6-4-8-23(26)24-12-11-21(19-27(24)31)20-30-17-15-29(16-18-30)14-13-22-7-3-5-9-25(22)29/h3-14,19H,2,15-18,20H2,1H3. The lowest BCUT2D eigenvalue weighted by Gasteiger charge is -2.39. The van der Waals surface area contributed by atoms with Crippen molar-refractivity contribution in [3.8, 4) is 0 Å². The number of nitrogens with zero attached hydrogens (tertiary/aromatic N) is 2. The van der Waals surface area contributed by atoms with Crippen LogP contribution in [0.2, 0.25) is 0 Å². The molecule has 1 aromatic heterocycles. The SMILES string of the molecule is CCC(=O)n1c2ccccc2c2ccc(CN3CCC4(C=Cc5ccccc54)CC3)cc21. The van der Waals surface area contributed by atoms with Crippen molar-refractivity contribution in [3.63, 3.8) is 0 Å². The van der Waals surface area contributed by atoms with E-state index in [9.17, 15) is 4.79 Å². The maximum absolute atomic E-state index is 12.8. The fourth-order valence-corrected chi connectivity index (χ4v) is 5.78. The van der Waals surface area contributed by atoms with E-state index < -0.39 is 0 Å². The Bertz CT molecular complexity index is 1370. The molecule has 0 amide bonds. The molecule has 1 aliphatic carbocycles. The summed E-state index contributed by atoms with van der Waals surface area (Å²) in [4.78, 5) is 15.4. The lowest BCUT2D eigenvalue weighted by atomic mass is 9.74. The zero-order valence-electron chi connectivity index (χ0n) is 18.6. The second kappa shape index (κ2) is 7.46. The van der Waals surface area contributed by atoms with E-state index in [2.05, 4.69) is 77.7 Å². The van der Waals surface area contributed by atoms with Gasteiger partial charge in [0, 0.05) is 29.2 Å². The number of fused-ring (bicyclic) bond motifs is 5. The molecule has 1 spiro atoms. The molecule has 4 aromatic rings. The van der Waals surface area contributed by atoms with Gasteiger partial charge in [0.25, 0.3) is 0 Å². The summed E-state index contributed by atoms with van der Waals surface area (Å²) in [7, 11) is 0. The fourth-order valence-electron chi connectivity index (χ4n) is 5.78. The monoisotopic (exact) mass is 420 g/mol. The summed E-state index contributed by atoms with van der Waals surface area (Å²) in [5, 5.41) is 2.32. The molecule has 3 aromatic carbocycles. The Hall–Kier alpha value is -3.17. The highest BCUT2D eigenvalue weighted by Crippen LogP contribution is 2.43. The summed E-state index contributed by atoms with van der Waals surface area (Å²) in [6.07, 6.45) is 7.58. The number of aromatic nitrogens is 1. The largest absolute Gasteiger partial charge is 0.299 e. The van der Waals surface area contributed by atoms with Crippen LogP contribution < -0.4 is 0 Å². The second-order valence-corrected chi connectivity index (χ2v) is 9.30. The van der Waals surface area contributed by atoms with Crippen LogP contribution in [-0.2, 0) is 12.0 Å². The van der Waals surface area contributed by atoms with Crippen molar-refractivity contribution in [2.24, 2.45) is 0 Å². The van der Waals surface area contributed by atoms with Crippen LogP contribution in [0.3, 0.4) is 0 Å². The summed E-state index contributed by atoms with van der Waals surface area (Å²) in [5.41, 5.74) is 6.44. The number of likely N-dealkylation sites (tertiary alicyclic amines) is 1. The Balaban J connectivity index is 1.28. The quantitative estimate of drug-likeness (QED) is 0.383. The van der Waals surface area contributed by atoms with Crippen LogP contribution in [0.15, 0.2) is 72.8 Å². The Kier molecular flexibility index (Phi) is 4.55. The summed E-state index contributed by atoms with van der Waals surface area (Å²) in [5.74, 6) is 0.153. The first-order valence-corrected chi connectivity index (χ1v) is 11.7. The number of hydrogen-bond acceptors (Lipinski definition) is 2. The van der Waals surface area contributed by atoms with E-state index in [-0.39, 0.29) is 11.3 Å². The van der Waals surface area contributed by atoms with Gasteiger partial charge in [-0.05, 0) is 54.8 Å². The third-order valence-electron chi connectivity index (χ3n) is 7.52. The van der Waals surface area contributed by atoms with Gasteiger partial charge in [-0.3, -0.25) is 14.3 Å². The summed E-state index contributed by atoms with van der Waals surface area (Å²) in [6.45, 7) is 5.05. The molecular weight excluding hydrogens is 392 g/mol. The van der Waals surface area contributed by atoms with Gasteiger partial charge >= 0.3 is 0 Å². The topological polar surface area (TPSA) is 25.2 Å². The van der Waals surface area contributed by atoms with Crippen molar-refractivity contribution in [1.82, 2.24) is 9.47 Å². The van der Waals surface area contributed by atoms with Crippen molar-refractivity contribution < 1.29 is 4.79 Å². The Morgan fingerprint density at radius 3 is 2.50 bits per heavy atom. The lowest BCUT2D eigenvalue weighted by molar-refractivity contribution is 0.0919. The molecule has 0 saturated carbocycles. The molecule has 160 valence electrons. The third kappa shape index (κ3) is 2.96. The number of para-hydroxylation sites is 1. The van der Waals surface area contributed by atoms with Crippen LogP contribution in [0, 0.1) is 0 Å². The molecule has 3 heteroatoms. The van der Waals surface area contributed by atoms with E-state index in [4.69, 9.17) is 0 Å². The van der Waals surface area contributed by atoms with E-state index in [0.717, 1.165) is 54.3 Å². The van der Waals surface area contributed by atoms with Gasteiger partial charge in [-0.2, -0.15) is 0 Å². The molecule has 1 saturated heterocycles. The zero-order chi connectivity index (χ0) is 21.7. The first kappa shape index (κ1) is 19.5. The first-order chi connectivity index (χ1) is 15.7. The number of carbonyl (C=O) groups excluding carboxylic acids is 1. The smallest absolute Gasteiger partial charge is 0.231 e. The average Bonchev–Trinajstić information content (AvgIpc) is 3.36. The molecule has 0 atom stereocenters. The maximum Gasteiger partial charge on any atom is 0.231 e. The van der Waals surface area contributed by atoms with Crippen molar-refractivity contribution >= 4 is 33.8 Å². The van der Waals surface area contributed by atoms with Crippen LogP contribution in [0.25, 0.3) is 27.9 Å². The van der Waals surface area contributed by atoms with Crippen molar-refractivity contribution in [2.45, 2.75) is 38.1 Å². The van der Waals surface area contributed by atoms with E-state index in [1.807, 2.05) is 17.6 Å². The first-order valence-electron chi connectivity index (χ1n) is 11.7. The van der Waals surface area contributed by atoms with Crippen molar-refractivity contribution in [1.29, 1.82) is 0 Å². The maximum atomic E-state index is 12.8. The normalized spacial score (nSPS) is 17.4. The van der Waals surface area contributed by atoms with Gasteiger partial charge < -0.3 is 0 Å². The molecule has 6 rings (SSSR count). The average molecular weight is 421 g/mol. The lowest BCUT2D eigenvalue weighted by Crippen LogP contribution is -2.40. The van der Waals surface area contributed by atoms with E-state index in [1.165, 1.54) is 16.7 Å². The van der Waals surface area contributed by atoms with Gasteiger partial charge in [-0.1, -0.05) is 73.7 Å². The Labute approximate surface area is 189 Å². The molecule has 0 radical (unpaired) electrons. The zero-order valence-corrected chi connectivity index (χ0v) is 18.6. The third-order valence-corrected chi connectivity index (χ3v) is 7.52. The van der Waals surface area contributed by atoms with Gasteiger partial charge in [-0.25, -0.2) is 0 Å². The van der Waals surface area contributed by atoms with E-state index >= 15 is 0 Å². The number of rotatable bonds is 3. The number of carbonyl (C=O) groups is 1. The predicted molar refractivity (Wildman–Crippen MR) is 132 cm³/mol. The van der Waals surface area contributed by atoms with Crippen LogP contribution in [0.1, 0.15) is 47.7 Å². The minimum absolute atomic E-state index is 0.153. The van der Waals surface area contributed by atoms with Crippen molar-refractivity contribution in [3.05, 3.63) is 89.5 Å². The van der Waals surface area contributed by atoms with E-state index in [0.29, 0.717) is 6.42 Å². The summed E-state index contributed by atoms with van der Waals surface area (Å²) in [6, 6.07) is 23.8. The number of benzene rings is 3. The molecule has 3 nitrogen and oxygen atoms in total. The molecule has 0 unspecified atom stereocenters. The molecule has 0 N–H and O–H groups in total. The Morgan fingerprint density at radius 1 is 0.906 bits per heavy atom. The summed E-state index contributed by atoms with van der Waals surface area (Å²) < 4.78 is 1.92. The van der Waals surface area contributed by atoms with Crippen LogP contribution >= 0.6 is 0 Å². The number of hydrogen-bond donors (Lipinski definition) is 0. The molecule has 2 aliphatic rings. The molecular formula is C29H28N2O. The van der Waals surface area contributed by atoms with Crippen molar-refractivity contribution in [2.75, 3.05) is 13.1 Å². The van der Waals surface area contributed by atoms with Gasteiger partial charge in [0.2, 0.25) is 5.91 Å². The highest BCUT2D eigenvalue weighted by atomic mass is 16.2. The van der Waals surface area contributed by atoms with Crippen LogP contribution in [0.5, 0.6) is 0 Å². The second-order valence-electron chi connectivity index (χ2n) is 9.30. The number of allylic oxidation sites excluding steroid dienone is 1. The van der Waals surface area contributed by atoms with Gasteiger partial charge in [0.1, 0.15) is 0 Å².